The summed E-state index contributed by atoms with van der Waals surface area (Å²) >= 11 is 0. The van der Waals surface area contributed by atoms with Crippen molar-refractivity contribution in [3.05, 3.63) is 12.3 Å². The highest BCUT2D eigenvalue weighted by atomic mass is 28.4. The third-order valence-corrected chi connectivity index (χ3v) is 8.05. The van der Waals surface area contributed by atoms with Crippen molar-refractivity contribution >= 4 is 8.80 Å². The average Bonchev–Trinajstić information content (AvgIpc) is 2.67. The smallest absolute Gasteiger partial charge is 0.391 e. The first-order valence-electron chi connectivity index (χ1n) is 10.6. The van der Waals surface area contributed by atoms with Gasteiger partial charge < -0.3 is 29.2 Å². The zero-order valence-corrected chi connectivity index (χ0v) is 19.7. The summed E-state index contributed by atoms with van der Waals surface area (Å²) in [5.74, 6) is 0. The fourth-order valence-electron chi connectivity index (χ4n) is 3.36. The number of hydrogen-bond donors (Lipinski definition) is 3. The van der Waals surface area contributed by atoms with Crippen LogP contribution in [0.25, 0.3) is 0 Å². The molecule has 0 aromatic carbocycles. The van der Waals surface area contributed by atoms with E-state index in [1.54, 1.807) is 0 Å². The lowest BCUT2D eigenvalue weighted by atomic mass is 9.99. The highest BCUT2D eigenvalue weighted by Gasteiger charge is 2.39. The molecule has 2 atom stereocenters. The molecule has 0 bridgehead atoms. The molecule has 27 heavy (non-hydrogen) atoms. The molecule has 0 rings (SSSR count). The Hall–Kier alpha value is -0.443. The molecule has 0 aliphatic heterocycles. The summed E-state index contributed by atoms with van der Waals surface area (Å²) in [5, 5.41) is 9.95. The Morgan fingerprint density at radius 3 is 1.85 bits per heavy atom. The lowest BCUT2D eigenvalue weighted by Gasteiger charge is -2.28. The summed E-state index contributed by atoms with van der Waals surface area (Å²) in [6.45, 7) is 12.1. The summed E-state index contributed by atoms with van der Waals surface area (Å²) in [6, 6.07) is 1.71. The molecule has 0 aliphatic carbocycles. The van der Waals surface area contributed by atoms with E-state index in [9.17, 15) is 0 Å². The summed E-state index contributed by atoms with van der Waals surface area (Å²) in [4.78, 5) is 0. The normalized spacial score (nSPS) is 14.1. The van der Waals surface area contributed by atoms with Crippen LogP contribution in [0.1, 0.15) is 59.3 Å². The highest BCUT2D eigenvalue weighted by Crippen LogP contribution is 2.21. The minimum absolute atomic E-state index is 0.294. The van der Waals surface area contributed by atoms with Crippen molar-refractivity contribution in [3.63, 3.8) is 0 Å². The fourth-order valence-corrected chi connectivity index (χ4v) is 6.05. The van der Waals surface area contributed by atoms with E-state index in [1.807, 2.05) is 41.9 Å². The Morgan fingerprint density at radius 1 is 0.852 bits per heavy atom. The Labute approximate surface area is 169 Å². The van der Waals surface area contributed by atoms with Crippen LogP contribution in [0, 0.1) is 0 Å². The third-order valence-electron chi connectivity index (χ3n) is 4.90. The van der Waals surface area contributed by atoms with Gasteiger partial charge in [0.2, 0.25) is 0 Å². The van der Waals surface area contributed by atoms with Gasteiger partial charge in [-0.25, -0.2) is 0 Å². The zero-order valence-electron chi connectivity index (χ0n) is 18.7. The van der Waals surface area contributed by atoms with E-state index in [0.29, 0.717) is 31.9 Å². The second-order valence-corrected chi connectivity index (χ2v) is 9.50. The fraction of sp³-hybridized carbons (Fsp3) is 0.900. The van der Waals surface area contributed by atoms with E-state index in [2.05, 4.69) is 22.5 Å². The van der Waals surface area contributed by atoms with Gasteiger partial charge in [0.15, 0.2) is 0 Å². The van der Waals surface area contributed by atoms with Crippen LogP contribution in [0.2, 0.25) is 6.04 Å². The summed E-state index contributed by atoms with van der Waals surface area (Å²) in [6.07, 6.45) is 6.96. The molecule has 0 amide bonds. The minimum atomic E-state index is -2.47. The van der Waals surface area contributed by atoms with Crippen LogP contribution in [0.4, 0.5) is 0 Å². The second-order valence-electron chi connectivity index (χ2n) is 6.77. The van der Waals surface area contributed by atoms with Gasteiger partial charge in [-0.3, -0.25) is 0 Å². The minimum Gasteiger partial charge on any atom is -0.391 e. The van der Waals surface area contributed by atoms with Crippen LogP contribution in [0.5, 0.6) is 0 Å². The van der Waals surface area contributed by atoms with Crippen LogP contribution in [-0.4, -0.2) is 61.9 Å². The number of rotatable bonds is 19. The summed E-state index contributed by atoms with van der Waals surface area (Å²) < 4.78 is 17.8. The summed E-state index contributed by atoms with van der Waals surface area (Å²) in [5.41, 5.74) is 1.04. The van der Waals surface area contributed by atoms with E-state index in [1.165, 1.54) is 25.7 Å². The zero-order chi connectivity index (χ0) is 20.5. The van der Waals surface area contributed by atoms with E-state index >= 15 is 0 Å². The second kappa shape index (κ2) is 16.5. The number of unbranched alkanes of at least 4 members (excludes halogenated alkanes) is 3. The van der Waals surface area contributed by atoms with E-state index in [0.717, 1.165) is 24.6 Å². The molecular weight excluding hydrogens is 358 g/mol. The Kier molecular flexibility index (Phi) is 16.2. The maximum Gasteiger partial charge on any atom is 0.500 e. The molecule has 0 spiro atoms. The van der Waals surface area contributed by atoms with Crippen LogP contribution in [-0.2, 0) is 13.3 Å². The molecule has 7 heteroatoms. The molecule has 0 heterocycles. The predicted molar refractivity (Wildman–Crippen MR) is 117 cm³/mol. The highest BCUT2D eigenvalue weighted by molar-refractivity contribution is 6.60. The molecule has 162 valence electrons. The van der Waals surface area contributed by atoms with Gasteiger partial charge in [-0.1, -0.05) is 25.8 Å². The van der Waals surface area contributed by atoms with Crippen LogP contribution >= 0.6 is 0 Å². The molecule has 2 unspecified atom stereocenters. The first-order valence-corrected chi connectivity index (χ1v) is 12.6. The maximum absolute atomic E-state index is 5.93. The van der Waals surface area contributed by atoms with Gasteiger partial charge in [0.05, 0.1) is 0 Å². The largest absolute Gasteiger partial charge is 0.500 e. The van der Waals surface area contributed by atoms with Crippen molar-refractivity contribution in [2.45, 2.75) is 77.4 Å². The van der Waals surface area contributed by atoms with Gasteiger partial charge in [-0.2, -0.15) is 0 Å². The Bertz CT molecular complexity index is 355. The average molecular weight is 404 g/mol. The number of hydrogen-bond acceptors (Lipinski definition) is 6. The van der Waals surface area contributed by atoms with Gasteiger partial charge in [-0.05, 0) is 54.1 Å². The quantitative estimate of drug-likeness (QED) is 0.227. The van der Waals surface area contributed by atoms with E-state index in [4.69, 9.17) is 13.3 Å². The van der Waals surface area contributed by atoms with Crippen LogP contribution < -0.4 is 16.0 Å². The van der Waals surface area contributed by atoms with Gasteiger partial charge in [-0.15, -0.1) is 0 Å². The summed E-state index contributed by atoms with van der Waals surface area (Å²) in [7, 11) is 3.50. The molecule has 0 fully saturated rings. The number of nitrogens with one attached hydrogen (secondary N) is 3. The van der Waals surface area contributed by atoms with Crippen molar-refractivity contribution in [1.82, 2.24) is 16.0 Å². The molecule has 3 N–H and O–H groups in total. The number of likely N-dealkylation sites (N-methyl/N-ethyl adjacent to an activating group) is 2. The van der Waals surface area contributed by atoms with Crippen molar-refractivity contribution < 1.29 is 13.3 Å². The van der Waals surface area contributed by atoms with Crippen molar-refractivity contribution in [2.24, 2.45) is 0 Å². The molecule has 0 aliphatic rings. The van der Waals surface area contributed by atoms with Gasteiger partial charge in [0.25, 0.3) is 0 Å². The lowest BCUT2D eigenvalue weighted by Crippen LogP contribution is -2.45. The van der Waals surface area contributed by atoms with Crippen LogP contribution in [0.3, 0.4) is 0 Å². The maximum atomic E-state index is 5.93. The third kappa shape index (κ3) is 11.2. The van der Waals surface area contributed by atoms with E-state index < -0.39 is 8.80 Å². The monoisotopic (exact) mass is 403 g/mol. The van der Waals surface area contributed by atoms with Gasteiger partial charge in [0, 0.05) is 50.7 Å². The predicted octanol–water partition coefficient (Wildman–Crippen LogP) is 3.28. The molecule has 0 aromatic rings. The SMILES string of the molecule is C=C(NC)C(CC(CCCCCC[Si](OCC)(OCC)OCC)NC)NC. The van der Waals surface area contributed by atoms with Gasteiger partial charge >= 0.3 is 8.80 Å². The topological polar surface area (TPSA) is 63.8 Å². The molecule has 0 saturated carbocycles. The van der Waals surface area contributed by atoms with Crippen molar-refractivity contribution in [3.8, 4) is 0 Å². The van der Waals surface area contributed by atoms with E-state index in [-0.39, 0.29) is 0 Å². The first kappa shape index (κ1) is 26.6. The van der Waals surface area contributed by atoms with Gasteiger partial charge in [0.1, 0.15) is 0 Å². The van der Waals surface area contributed by atoms with Crippen LogP contribution in [0.15, 0.2) is 12.3 Å². The first-order chi connectivity index (χ1) is 13.0. The molecule has 0 radical (unpaired) electrons. The molecule has 6 nitrogen and oxygen atoms in total. The molecule has 0 aromatic heterocycles. The lowest BCUT2D eigenvalue weighted by molar-refractivity contribution is 0.0706. The van der Waals surface area contributed by atoms with Crippen molar-refractivity contribution in [1.29, 1.82) is 0 Å². The Balaban J connectivity index is 4.21. The molecular formula is C20H45N3O3Si. The Morgan fingerprint density at radius 2 is 1.41 bits per heavy atom. The molecule has 0 saturated heterocycles. The van der Waals surface area contributed by atoms with Crippen molar-refractivity contribution in [2.75, 3.05) is 41.0 Å². The standard InChI is InChI=1S/C20H45N3O3Si/c1-8-24-27(25-9-2,26-10-3)16-14-12-11-13-15-19(22-6)17-20(23-7)18(4)21-5/h19-23H,4,8-17H2,1-3,5-7H3.